The molecule has 7 heteroatoms. The molecule has 0 aliphatic carbocycles. The second-order valence-corrected chi connectivity index (χ2v) is 8.07. The van der Waals surface area contributed by atoms with Gasteiger partial charge < -0.3 is 10.1 Å². The Labute approximate surface area is 182 Å². The molecule has 2 aromatic carbocycles. The van der Waals surface area contributed by atoms with Gasteiger partial charge in [0, 0.05) is 10.6 Å². The van der Waals surface area contributed by atoms with E-state index in [1.807, 2.05) is 52.0 Å². The van der Waals surface area contributed by atoms with Gasteiger partial charge in [-0.25, -0.2) is 5.43 Å². The largest absolute Gasteiger partial charge is 0.491 e. The van der Waals surface area contributed by atoms with Crippen LogP contribution in [0.5, 0.6) is 5.75 Å². The number of ether oxygens (including phenoxy) is 1. The second kappa shape index (κ2) is 11.4. The van der Waals surface area contributed by atoms with E-state index in [2.05, 4.69) is 15.8 Å². The number of hydrogen-bond acceptors (Lipinski definition) is 4. The van der Waals surface area contributed by atoms with Gasteiger partial charge in [0.1, 0.15) is 11.8 Å². The Morgan fingerprint density at radius 3 is 2.43 bits per heavy atom. The Hall–Kier alpha value is -2.86. The number of carbonyl (C=O) groups excluding carboxylic acids is 2. The summed E-state index contributed by atoms with van der Waals surface area (Å²) < 4.78 is 5.65. The van der Waals surface area contributed by atoms with Crippen LogP contribution in [-0.2, 0) is 4.79 Å². The number of benzene rings is 2. The van der Waals surface area contributed by atoms with Crippen molar-refractivity contribution >= 4 is 29.6 Å². The van der Waals surface area contributed by atoms with E-state index in [-0.39, 0.29) is 23.8 Å². The van der Waals surface area contributed by atoms with Crippen molar-refractivity contribution < 1.29 is 14.3 Å². The van der Waals surface area contributed by atoms with E-state index in [4.69, 9.17) is 16.3 Å². The van der Waals surface area contributed by atoms with Crippen molar-refractivity contribution in [2.45, 2.75) is 46.3 Å². The van der Waals surface area contributed by atoms with Crippen molar-refractivity contribution in [2.24, 2.45) is 11.0 Å². The standard InChI is InChI=1S/C23H28ClN3O3/c1-15(2)12-21(26-22(28)18-8-10-19(24)11-9-18)23(29)27-25-14-17-6-5-7-20(13-17)30-16(3)4/h5-11,13-16,21H,12H2,1-4H3,(H,26,28)(H,27,29)/b25-14+. The molecule has 0 fully saturated rings. The highest BCUT2D eigenvalue weighted by atomic mass is 35.5. The molecule has 0 heterocycles. The Balaban J connectivity index is 2.01. The lowest BCUT2D eigenvalue weighted by Gasteiger charge is -2.19. The quantitative estimate of drug-likeness (QED) is 0.457. The number of halogens is 1. The normalized spacial score (nSPS) is 12.2. The predicted octanol–water partition coefficient (Wildman–Crippen LogP) is 4.42. The minimum atomic E-state index is -0.707. The fourth-order valence-electron chi connectivity index (χ4n) is 2.73. The first-order chi connectivity index (χ1) is 14.2. The SMILES string of the molecule is CC(C)CC(NC(=O)c1ccc(Cl)cc1)C(=O)N/N=C/c1cccc(OC(C)C)c1. The van der Waals surface area contributed by atoms with Crippen LogP contribution in [0.1, 0.15) is 50.0 Å². The van der Waals surface area contributed by atoms with E-state index in [1.54, 1.807) is 30.5 Å². The molecule has 0 saturated carbocycles. The Bertz CT molecular complexity index is 880. The number of rotatable bonds is 9. The van der Waals surface area contributed by atoms with Gasteiger partial charge in [0.25, 0.3) is 11.8 Å². The third-order valence-electron chi connectivity index (χ3n) is 4.05. The molecule has 1 atom stereocenters. The molecule has 6 nitrogen and oxygen atoms in total. The molecule has 0 bridgehead atoms. The number of carbonyl (C=O) groups is 2. The molecule has 0 aliphatic heterocycles. The van der Waals surface area contributed by atoms with Crippen LogP contribution in [-0.4, -0.2) is 30.2 Å². The number of hydrogen-bond donors (Lipinski definition) is 2. The van der Waals surface area contributed by atoms with Crippen LogP contribution in [0.15, 0.2) is 53.6 Å². The Morgan fingerprint density at radius 2 is 1.80 bits per heavy atom. The molecule has 0 aromatic heterocycles. The first-order valence-electron chi connectivity index (χ1n) is 9.90. The van der Waals surface area contributed by atoms with Gasteiger partial charge in [-0.3, -0.25) is 9.59 Å². The second-order valence-electron chi connectivity index (χ2n) is 7.64. The summed E-state index contributed by atoms with van der Waals surface area (Å²) in [6, 6.07) is 13.2. The Morgan fingerprint density at radius 1 is 1.10 bits per heavy atom. The van der Waals surface area contributed by atoms with E-state index in [1.165, 1.54) is 0 Å². The number of hydrazone groups is 1. The molecular weight excluding hydrogens is 402 g/mol. The van der Waals surface area contributed by atoms with Crippen molar-refractivity contribution in [1.29, 1.82) is 0 Å². The van der Waals surface area contributed by atoms with Crippen molar-refractivity contribution in [3.8, 4) is 5.75 Å². The minimum absolute atomic E-state index is 0.0675. The van der Waals surface area contributed by atoms with E-state index >= 15 is 0 Å². The molecule has 2 amide bonds. The lowest BCUT2D eigenvalue weighted by atomic mass is 10.0. The van der Waals surface area contributed by atoms with Gasteiger partial charge in [-0.05, 0) is 68.1 Å². The highest BCUT2D eigenvalue weighted by Crippen LogP contribution is 2.14. The zero-order valence-electron chi connectivity index (χ0n) is 17.7. The molecular formula is C23H28ClN3O3. The molecule has 160 valence electrons. The van der Waals surface area contributed by atoms with Gasteiger partial charge in [-0.15, -0.1) is 0 Å². The van der Waals surface area contributed by atoms with E-state index < -0.39 is 6.04 Å². The minimum Gasteiger partial charge on any atom is -0.491 e. The number of nitrogens with one attached hydrogen (secondary N) is 2. The van der Waals surface area contributed by atoms with E-state index in [9.17, 15) is 9.59 Å². The molecule has 2 rings (SSSR count). The molecule has 0 spiro atoms. The third-order valence-corrected chi connectivity index (χ3v) is 4.31. The Kier molecular flexibility index (Phi) is 8.87. The van der Waals surface area contributed by atoms with Crippen molar-refractivity contribution in [3.63, 3.8) is 0 Å². The van der Waals surface area contributed by atoms with Crippen LogP contribution in [0.3, 0.4) is 0 Å². The first-order valence-corrected chi connectivity index (χ1v) is 10.3. The first kappa shape index (κ1) is 23.4. The lowest BCUT2D eigenvalue weighted by Crippen LogP contribution is -2.46. The van der Waals surface area contributed by atoms with Crippen LogP contribution in [0.4, 0.5) is 0 Å². The lowest BCUT2D eigenvalue weighted by molar-refractivity contribution is -0.123. The fourth-order valence-corrected chi connectivity index (χ4v) is 2.86. The average Bonchev–Trinajstić information content (AvgIpc) is 2.67. The zero-order valence-corrected chi connectivity index (χ0v) is 18.4. The zero-order chi connectivity index (χ0) is 22.1. The highest BCUT2D eigenvalue weighted by Gasteiger charge is 2.22. The van der Waals surface area contributed by atoms with Crippen LogP contribution in [0.25, 0.3) is 0 Å². The molecule has 2 N–H and O–H groups in total. The number of nitrogens with zero attached hydrogens (tertiary/aromatic N) is 1. The van der Waals surface area contributed by atoms with Crippen LogP contribution in [0.2, 0.25) is 5.02 Å². The molecule has 0 aliphatic rings. The van der Waals surface area contributed by atoms with Crippen molar-refractivity contribution in [2.75, 3.05) is 0 Å². The van der Waals surface area contributed by atoms with Crippen molar-refractivity contribution in [1.82, 2.24) is 10.7 Å². The van der Waals surface area contributed by atoms with E-state index in [0.29, 0.717) is 17.0 Å². The molecule has 0 saturated heterocycles. The van der Waals surface area contributed by atoms with Gasteiger partial charge in [-0.2, -0.15) is 5.10 Å². The smallest absolute Gasteiger partial charge is 0.262 e. The summed E-state index contributed by atoms with van der Waals surface area (Å²) in [6.07, 6.45) is 2.09. The van der Waals surface area contributed by atoms with Gasteiger partial charge in [0.2, 0.25) is 0 Å². The highest BCUT2D eigenvalue weighted by molar-refractivity contribution is 6.30. The van der Waals surface area contributed by atoms with Gasteiger partial charge in [0.15, 0.2) is 0 Å². The topological polar surface area (TPSA) is 79.8 Å². The summed E-state index contributed by atoms with van der Waals surface area (Å²) in [5, 5.41) is 7.35. The van der Waals surface area contributed by atoms with Crippen LogP contribution < -0.4 is 15.5 Å². The third kappa shape index (κ3) is 7.87. The maximum absolute atomic E-state index is 12.6. The summed E-state index contributed by atoms with van der Waals surface area (Å²) in [5.41, 5.74) is 3.74. The summed E-state index contributed by atoms with van der Waals surface area (Å²) >= 11 is 5.86. The summed E-state index contributed by atoms with van der Waals surface area (Å²) in [5.74, 6) is 0.222. The maximum Gasteiger partial charge on any atom is 0.262 e. The van der Waals surface area contributed by atoms with Gasteiger partial charge in [0.05, 0.1) is 12.3 Å². The summed E-state index contributed by atoms with van der Waals surface area (Å²) in [6.45, 7) is 7.87. The molecule has 0 radical (unpaired) electrons. The van der Waals surface area contributed by atoms with E-state index in [0.717, 1.165) is 11.3 Å². The van der Waals surface area contributed by atoms with Crippen LogP contribution >= 0.6 is 11.6 Å². The molecule has 30 heavy (non-hydrogen) atoms. The predicted molar refractivity (Wildman–Crippen MR) is 120 cm³/mol. The number of amides is 2. The summed E-state index contributed by atoms with van der Waals surface area (Å²) in [4.78, 5) is 25.1. The van der Waals surface area contributed by atoms with Crippen LogP contribution in [0, 0.1) is 5.92 Å². The monoisotopic (exact) mass is 429 g/mol. The fraction of sp³-hybridized carbons (Fsp3) is 0.348. The summed E-state index contributed by atoms with van der Waals surface area (Å²) in [7, 11) is 0. The van der Waals surface area contributed by atoms with Crippen molar-refractivity contribution in [3.05, 3.63) is 64.7 Å². The van der Waals surface area contributed by atoms with Gasteiger partial charge in [-0.1, -0.05) is 37.6 Å². The van der Waals surface area contributed by atoms with Gasteiger partial charge >= 0.3 is 0 Å². The molecule has 2 aromatic rings. The molecule has 1 unspecified atom stereocenters. The maximum atomic E-state index is 12.6. The average molecular weight is 430 g/mol.